The van der Waals surface area contributed by atoms with Gasteiger partial charge in [0.25, 0.3) is 0 Å². The van der Waals surface area contributed by atoms with Gasteiger partial charge in [0.05, 0.1) is 32.5 Å². The Labute approximate surface area is 214 Å². The van der Waals surface area contributed by atoms with Crippen LogP contribution >= 0.6 is 0 Å². The van der Waals surface area contributed by atoms with Gasteiger partial charge in [-0.1, -0.05) is 97.9 Å². The molecule has 1 aliphatic carbocycles. The Kier molecular flexibility index (Phi) is 8.44. The van der Waals surface area contributed by atoms with Crippen molar-refractivity contribution in [3.8, 4) is 0 Å². The molecular formula is C31H35NO4. The third-order valence-electron chi connectivity index (χ3n) is 6.94. The monoisotopic (exact) mass is 485 g/mol. The van der Waals surface area contributed by atoms with Crippen LogP contribution < -0.4 is 0 Å². The molecule has 0 bridgehead atoms. The molecule has 1 heterocycles. The Balaban J connectivity index is 1.35. The molecule has 0 amide bonds. The van der Waals surface area contributed by atoms with Crippen molar-refractivity contribution in [3.05, 3.63) is 108 Å². The van der Waals surface area contributed by atoms with Crippen molar-refractivity contribution in [1.82, 2.24) is 0 Å². The fraction of sp³-hybridized carbons (Fsp3) is 0.387. The molecule has 5 atom stereocenters. The highest BCUT2D eigenvalue weighted by Gasteiger charge is 2.50. The van der Waals surface area contributed by atoms with E-state index in [4.69, 9.17) is 23.9 Å². The van der Waals surface area contributed by atoms with Crippen molar-refractivity contribution in [2.75, 3.05) is 6.61 Å². The van der Waals surface area contributed by atoms with Crippen LogP contribution in [-0.4, -0.2) is 36.9 Å². The van der Waals surface area contributed by atoms with Gasteiger partial charge in [-0.3, -0.25) is 0 Å². The van der Waals surface area contributed by atoms with E-state index in [9.17, 15) is 0 Å². The van der Waals surface area contributed by atoms with E-state index in [0.29, 0.717) is 26.4 Å². The largest absolute Gasteiger partial charge is 0.475 e. The molecule has 0 radical (unpaired) electrons. The molecule has 3 aromatic rings. The van der Waals surface area contributed by atoms with Crippen molar-refractivity contribution in [3.63, 3.8) is 0 Å². The van der Waals surface area contributed by atoms with E-state index in [1.807, 2.05) is 54.6 Å². The molecule has 3 aromatic carbocycles. The zero-order chi connectivity index (χ0) is 24.6. The van der Waals surface area contributed by atoms with Crippen LogP contribution in [0.4, 0.5) is 0 Å². The van der Waals surface area contributed by atoms with Gasteiger partial charge in [-0.15, -0.1) is 0 Å². The number of nitrogens with zero attached hydrogens (tertiary/aromatic N) is 1. The first-order chi connectivity index (χ1) is 17.8. The fourth-order valence-corrected chi connectivity index (χ4v) is 5.09. The number of aliphatic imine (C=N–C) groups is 1. The summed E-state index contributed by atoms with van der Waals surface area (Å²) < 4.78 is 25.7. The summed E-state index contributed by atoms with van der Waals surface area (Å²) in [6, 6.07) is 30.8. The van der Waals surface area contributed by atoms with Crippen LogP contribution in [0.5, 0.6) is 0 Å². The normalized spacial score (nSPS) is 25.1. The highest BCUT2D eigenvalue weighted by atomic mass is 16.6. The molecule has 0 N–H and O–H groups in total. The number of ether oxygens (including phenoxy) is 4. The van der Waals surface area contributed by atoms with Gasteiger partial charge in [0.15, 0.2) is 5.90 Å². The Hall–Kier alpha value is -2.99. The molecule has 0 saturated heterocycles. The second kappa shape index (κ2) is 12.3. The lowest BCUT2D eigenvalue weighted by Crippen LogP contribution is -2.55. The molecule has 5 rings (SSSR count). The zero-order valence-corrected chi connectivity index (χ0v) is 20.9. The van der Waals surface area contributed by atoms with Crippen LogP contribution in [-0.2, 0) is 38.8 Å². The van der Waals surface area contributed by atoms with Crippen molar-refractivity contribution < 1.29 is 18.9 Å². The summed E-state index contributed by atoms with van der Waals surface area (Å²) in [7, 11) is 0. The Morgan fingerprint density at radius 3 is 1.81 bits per heavy atom. The molecule has 2 aliphatic rings. The lowest BCUT2D eigenvalue weighted by atomic mass is 9.79. The highest BCUT2D eigenvalue weighted by molar-refractivity contribution is 5.77. The predicted molar refractivity (Wildman–Crippen MR) is 141 cm³/mol. The van der Waals surface area contributed by atoms with E-state index in [1.54, 1.807) is 0 Å². The van der Waals surface area contributed by atoms with Crippen LogP contribution in [0, 0.1) is 5.92 Å². The van der Waals surface area contributed by atoms with E-state index >= 15 is 0 Å². The van der Waals surface area contributed by atoms with Gasteiger partial charge in [-0.05, 0) is 23.1 Å². The zero-order valence-electron chi connectivity index (χ0n) is 20.9. The molecule has 0 unspecified atom stereocenters. The summed E-state index contributed by atoms with van der Waals surface area (Å²) in [5, 5.41) is 0. The van der Waals surface area contributed by atoms with Gasteiger partial charge < -0.3 is 18.9 Å². The third-order valence-corrected chi connectivity index (χ3v) is 6.94. The minimum atomic E-state index is -0.220. The Morgan fingerprint density at radius 1 is 0.722 bits per heavy atom. The van der Waals surface area contributed by atoms with Crippen LogP contribution in [0.2, 0.25) is 0 Å². The highest BCUT2D eigenvalue weighted by Crippen LogP contribution is 2.38. The van der Waals surface area contributed by atoms with Gasteiger partial charge in [-0.2, -0.15) is 0 Å². The SMILES string of the molecule is CCC1=N[C@H]2[C@@H](OCc3ccccc3)[C@H](OCc3ccccc3)[C@@H](COCc3ccccc3)C[C@@H]2O1. The van der Waals surface area contributed by atoms with Crippen LogP contribution in [0.1, 0.15) is 36.5 Å². The number of hydrogen-bond donors (Lipinski definition) is 0. The first-order valence-electron chi connectivity index (χ1n) is 13.0. The second-order valence-electron chi connectivity index (χ2n) is 9.54. The lowest BCUT2D eigenvalue weighted by molar-refractivity contribution is -0.162. The van der Waals surface area contributed by atoms with E-state index < -0.39 is 0 Å². The van der Waals surface area contributed by atoms with E-state index in [2.05, 4.69) is 43.3 Å². The summed E-state index contributed by atoms with van der Waals surface area (Å²) in [5.74, 6) is 0.942. The maximum atomic E-state index is 6.63. The Bertz CT molecular complexity index is 1090. The Morgan fingerprint density at radius 2 is 1.25 bits per heavy atom. The van der Waals surface area contributed by atoms with Crippen molar-refractivity contribution in [1.29, 1.82) is 0 Å². The number of rotatable bonds is 11. The molecule has 5 heteroatoms. The topological polar surface area (TPSA) is 49.3 Å². The van der Waals surface area contributed by atoms with E-state index in [0.717, 1.165) is 29.9 Å². The van der Waals surface area contributed by atoms with Gasteiger partial charge >= 0.3 is 0 Å². The van der Waals surface area contributed by atoms with Crippen molar-refractivity contribution in [2.24, 2.45) is 10.9 Å². The molecule has 1 saturated carbocycles. The lowest BCUT2D eigenvalue weighted by Gasteiger charge is -2.42. The summed E-state index contributed by atoms with van der Waals surface area (Å²) in [6.45, 7) is 4.26. The molecule has 1 aliphatic heterocycles. The van der Waals surface area contributed by atoms with Crippen LogP contribution in [0.25, 0.3) is 0 Å². The first kappa shape index (κ1) is 24.7. The van der Waals surface area contributed by atoms with Crippen LogP contribution in [0.15, 0.2) is 96.0 Å². The number of benzene rings is 3. The van der Waals surface area contributed by atoms with Crippen LogP contribution in [0.3, 0.4) is 0 Å². The molecule has 188 valence electrons. The maximum Gasteiger partial charge on any atom is 0.183 e. The molecule has 0 spiro atoms. The fourth-order valence-electron chi connectivity index (χ4n) is 5.09. The van der Waals surface area contributed by atoms with Gasteiger partial charge in [0.1, 0.15) is 18.2 Å². The quantitative estimate of drug-likeness (QED) is 0.336. The number of fused-ring (bicyclic) bond motifs is 1. The molecule has 5 nitrogen and oxygen atoms in total. The average Bonchev–Trinajstić information content (AvgIpc) is 3.35. The minimum absolute atomic E-state index is 0.0115. The summed E-state index contributed by atoms with van der Waals surface area (Å²) in [6.07, 6.45) is 1.22. The van der Waals surface area contributed by atoms with Crippen molar-refractivity contribution in [2.45, 2.75) is 63.9 Å². The minimum Gasteiger partial charge on any atom is -0.475 e. The molecule has 1 fully saturated rings. The average molecular weight is 486 g/mol. The van der Waals surface area contributed by atoms with Crippen molar-refractivity contribution >= 4 is 5.90 Å². The second-order valence-corrected chi connectivity index (χ2v) is 9.54. The third kappa shape index (κ3) is 6.22. The summed E-state index contributed by atoms with van der Waals surface area (Å²) in [4.78, 5) is 4.94. The number of hydrogen-bond acceptors (Lipinski definition) is 5. The maximum absolute atomic E-state index is 6.63. The summed E-state index contributed by atoms with van der Waals surface area (Å²) in [5.41, 5.74) is 3.45. The van der Waals surface area contributed by atoms with Gasteiger partial charge in [0, 0.05) is 12.3 Å². The molecule has 0 aromatic heterocycles. The predicted octanol–water partition coefficient (Wildman–Crippen LogP) is 5.97. The standard InChI is InChI=1S/C31H35NO4/c1-2-28-32-29-27(36-28)18-26(22-33-19-23-12-6-3-7-13-23)30(34-20-24-14-8-4-9-15-24)31(29)35-21-25-16-10-5-11-17-25/h3-17,26-27,29-31H,2,18-22H2,1H3/t26-,27+,29-,30-,31-/m1/s1. The van der Waals surface area contributed by atoms with E-state index in [-0.39, 0.29) is 30.3 Å². The first-order valence-corrected chi connectivity index (χ1v) is 13.0. The molecule has 36 heavy (non-hydrogen) atoms. The van der Waals surface area contributed by atoms with E-state index in [1.165, 1.54) is 5.56 Å². The smallest absolute Gasteiger partial charge is 0.183 e. The molecular weight excluding hydrogens is 450 g/mol. The van der Waals surface area contributed by atoms with Gasteiger partial charge in [-0.25, -0.2) is 4.99 Å². The summed E-state index contributed by atoms with van der Waals surface area (Å²) >= 11 is 0. The van der Waals surface area contributed by atoms with Gasteiger partial charge in [0.2, 0.25) is 0 Å².